The summed E-state index contributed by atoms with van der Waals surface area (Å²) >= 11 is 0. The molecular weight excluding hydrogens is 668 g/mol. The molecule has 6 unspecified atom stereocenters. The molecule has 0 aromatic rings. The minimum absolute atomic E-state index is 0.153. The fourth-order valence-corrected chi connectivity index (χ4v) is 6.19. The van der Waals surface area contributed by atoms with Crippen LogP contribution in [0.2, 0.25) is 0 Å². The van der Waals surface area contributed by atoms with Crippen molar-refractivity contribution >= 4 is 22.1 Å². The maximum absolute atomic E-state index is 12.7. The van der Waals surface area contributed by atoms with Gasteiger partial charge in [-0.1, -0.05) is 95.9 Å². The minimum atomic E-state index is -4.59. The number of esters is 2. The Labute approximate surface area is 300 Å². The Balaban J connectivity index is 2.56. The van der Waals surface area contributed by atoms with Crippen LogP contribution in [0.15, 0.2) is 24.3 Å². The summed E-state index contributed by atoms with van der Waals surface area (Å²) in [4.78, 5) is 25.1. The number of aliphatic hydroxyl groups is 3. The number of rotatable bonds is 30. The summed E-state index contributed by atoms with van der Waals surface area (Å²) in [6.45, 7) is 3.61. The van der Waals surface area contributed by atoms with Gasteiger partial charge in [0.25, 0.3) is 10.1 Å². The van der Waals surface area contributed by atoms with Crippen LogP contribution in [0.3, 0.4) is 0 Å². The second kappa shape index (κ2) is 28.7. The van der Waals surface area contributed by atoms with Crippen LogP contribution in [-0.2, 0) is 38.7 Å². The number of ether oxygens (including phenoxy) is 4. The Morgan fingerprint density at radius 1 is 0.660 bits per heavy atom. The molecule has 0 aromatic heterocycles. The van der Waals surface area contributed by atoms with Crippen LogP contribution in [0.5, 0.6) is 0 Å². The van der Waals surface area contributed by atoms with Crippen molar-refractivity contribution in [1.82, 2.24) is 0 Å². The molecule has 13 heteroatoms. The van der Waals surface area contributed by atoms with E-state index < -0.39 is 71.2 Å². The van der Waals surface area contributed by atoms with Crippen molar-refractivity contribution in [2.45, 2.75) is 179 Å². The highest BCUT2D eigenvalue weighted by atomic mass is 32.2. The molecule has 0 radical (unpaired) electrons. The Bertz CT molecular complexity index is 1050. The minimum Gasteiger partial charge on any atom is -0.462 e. The molecule has 1 aliphatic rings. The molecule has 292 valence electrons. The summed E-state index contributed by atoms with van der Waals surface area (Å²) in [6, 6.07) is 0. The van der Waals surface area contributed by atoms with Crippen molar-refractivity contribution in [3.63, 3.8) is 0 Å². The number of aliphatic hydroxyl groups excluding tert-OH is 3. The monoisotopic (exact) mass is 734 g/mol. The zero-order chi connectivity index (χ0) is 37.0. The lowest BCUT2D eigenvalue weighted by Gasteiger charge is -2.40. The van der Waals surface area contributed by atoms with Crippen molar-refractivity contribution in [2.24, 2.45) is 0 Å². The lowest BCUT2D eigenvalue weighted by atomic mass is 10.00. The molecule has 1 saturated heterocycles. The van der Waals surface area contributed by atoms with E-state index in [-0.39, 0.29) is 19.4 Å². The topological polar surface area (TPSA) is 186 Å². The van der Waals surface area contributed by atoms with Gasteiger partial charge in [-0.05, 0) is 57.8 Å². The Kier molecular flexibility index (Phi) is 26.5. The van der Waals surface area contributed by atoms with Crippen molar-refractivity contribution in [2.75, 3.05) is 19.0 Å². The molecule has 1 heterocycles. The third-order valence-electron chi connectivity index (χ3n) is 8.48. The van der Waals surface area contributed by atoms with Gasteiger partial charge in [0.05, 0.1) is 6.61 Å². The fraction of sp³-hybridized carbons (Fsp3) is 0.838. The van der Waals surface area contributed by atoms with E-state index in [1.807, 2.05) is 0 Å². The zero-order valence-corrected chi connectivity index (χ0v) is 31.3. The largest absolute Gasteiger partial charge is 0.462 e. The van der Waals surface area contributed by atoms with Gasteiger partial charge in [0, 0.05) is 12.8 Å². The van der Waals surface area contributed by atoms with Gasteiger partial charge in [-0.25, -0.2) is 0 Å². The first-order valence-corrected chi connectivity index (χ1v) is 20.5. The molecule has 0 bridgehead atoms. The van der Waals surface area contributed by atoms with Crippen molar-refractivity contribution in [3.8, 4) is 0 Å². The quantitative estimate of drug-likeness (QED) is 0.0288. The SMILES string of the molecule is CCC/C=C\CCCCCCCC(=O)OCC(COC1OC(CS(=O)(=O)O)C(O)C(O)C1O)OC(=O)CCCCCCC/C=C\CCCCC. The Morgan fingerprint density at radius 3 is 1.74 bits per heavy atom. The molecule has 1 rings (SSSR count). The van der Waals surface area contributed by atoms with E-state index in [2.05, 4.69) is 38.2 Å². The smallest absolute Gasteiger partial charge is 0.306 e. The van der Waals surface area contributed by atoms with Crippen molar-refractivity contribution < 1.29 is 56.8 Å². The Hall–Kier alpha value is -1.87. The van der Waals surface area contributed by atoms with Gasteiger partial charge in [-0.15, -0.1) is 0 Å². The second-order valence-electron chi connectivity index (χ2n) is 13.2. The maximum atomic E-state index is 12.7. The van der Waals surface area contributed by atoms with Gasteiger partial charge in [-0.2, -0.15) is 8.42 Å². The average molecular weight is 735 g/mol. The number of hydrogen-bond donors (Lipinski definition) is 4. The number of carbonyl (C=O) groups is 2. The summed E-state index contributed by atoms with van der Waals surface area (Å²) in [6.07, 6.45) is 18.2. The van der Waals surface area contributed by atoms with Crippen LogP contribution in [0, 0.1) is 0 Å². The predicted octanol–water partition coefficient (Wildman–Crippen LogP) is 6.11. The first-order chi connectivity index (χ1) is 24.0. The molecule has 1 aliphatic heterocycles. The highest BCUT2D eigenvalue weighted by molar-refractivity contribution is 7.85. The molecule has 1 fully saturated rings. The van der Waals surface area contributed by atoms with E-state index >= 15 is 0 Å². The summed E-state index contributed by atoms with van der Waals surface area (Å²) in [7, 11) is -4.59. The van der Waals surface area contributed by atoms with Gasteiger partial charge in [-0.3, -0.25) is 14.1 Å². The summed E-state index contributed by atoms with van der Waals surface area (Å²) in [5.74, 6) is -2.01. The van der Waals surface area contributed by atoms with Crippen molar-refractivity contribution in [3.05, 3.63) is 24.3 Å². The highest BCUT2D eigenvalue weighted by Gasteiger charge is 2.46. The second-order valence-corrected chi connectivity index (χ2v) is 14.7. The van der Waals surface area contributed by atoms with Crippen molar-refractivity contribution in [1.29, 1.82) is 0 Å². The lowest BCUT2D eigenvalue weighted by molar-refractivity contribution is -0.297. The van der Waals surface area contributed by atoms with Crippen LogP contribution in [0.1, 0.15) is 142 Å². The molecule has 0 aromatic carbocycles. The summed E-state index contributed by atoms with van der Waals surface area (Å²) < 4.78 is 53.7. The van der Waals surface area contributed by atoms with E-state index in [0.717, 1.165) is 83.5 Å². The van der Waals surface area contributed by atoms with Gasteiger partial charge in [0.15, 0.2) is 12.4 Å². The van der Waals surface area contributed by atoms with Crippen LogP contribution in [0.4, 0.5) is 0 Å². The average Bonchev–Trinajstić information content (AvgIpc) is 3.07. The van der Waals surface area contributed by atoms with E-state index in [9.17, 15) is 37.9 Å². The van der Waals surface area contributed by atoms with Crippen LogP contribution < -0.4 is 0 Å². The summed E-state index contributed by atoms with van der Waals surface area (Å²) in [5, 5.41) is 30.7. The molecule has 12 nitrogen and oxygen atoms in total. The van der Waals surface area contributed by atoms with E-state index in [0.29, 0.717) is 12.8 Å². The first kappa shape index (κ1) is 46.2. The summed E-state index contributed by atoms with van der Waals surface area (Å²) in [5.41, 5.74) is 0. The number of allylic oxidation sites excluding steroid dienone is 4. The lowest BCUT2D eigenvalue weighted by Crippen LogP contribution is -2.60. The molecule has 4 N–H and O–H groups in total. The third-order valence-corrected chi connectivity index (χ3v) is 9.23. The fourth-order valence-electron chi connectivity index (χ4n) is 5.49. The molecule has 0 spiro atoms. The third kappa shape index (κ3) is 23.6. The van der Waals surface area contributed by atoms with Crippen LogP contribution in [0.25, 0.3) is 0 Å². The molecule has 50 heavy (non-hydrogen) atoms. The predicted molar refractivity (Wildman–Crippen MR) is 192 cm³/mol. The number of carbonyl (C=O) groups excluding carboxylic acids is 2. The highest BCUT2D eigenvalue weighted by Crippen LogP contribution is 2.24. The molecule has 0 saturated carbocycles. The molecule has 0 aliphatic carbocycles. The molecular formula is C37H66O12S. The van der Waals surface area contributed by atoms with Crippen LogP contribution in [-0.4, -0.2) is 96.0 Å². The van der Waals surface area contributed by atoms with Gasteiger partial charge in [0.2, 0.25) is 0 Å². The van der Waals surface area contributed by atoms with E-state index in [4.69, 9.17) is 18.9 Å². The molecule has 0 amide bonds. The zero-order valence-electron chi connectivity index (χ0n) is 30.5. The number of hydrogen-bond acceptors (Lipinski definition) is 11. The molecule has 6 atom stereocenters. The van der Waals surface area contributed by atoms with E-state index in [1.165, 1.54) is 19.3 Å². The standard InChI is InChI=1S/C37H66O12S/c1-3-5-7-9-11-13-15-16-18-20-22-24-26-33(39)48-30(27-46-32(38)25-23-21-19-17-14-12-10-8-6-4-2)28-47-37-36(42)35(41)34(40)31(49-37)29-50(43,44)45/h8,10-11,13,30-31,34-37,40-42H,3-7,9,12,14-29H2,1-2H3,(H,43,44,45)/b10-8-,13-11-. The van der Waals surface area contributed by atoms with Gasteiger partial charge < -0.3 is 34.3 Å². The van der Waals surface area contributed by atoms with Gasteiger partial charge >= 0.3 is 11.9 Å². The Morgan fingerprint density at radius 2 is 1.18 bits per heavy atom. The van der Waals surface area contributed by atoms with Gasteiger partial charge in [0.1, 0.15) is 36.8 Å². The maximum Gasteiger partial charge on any atom is 0.306 e. The van der Waals surface area contributed by atoms with Crippen LogP contribution >= 0.6 is 0 Å². The first-order valence-electron chi connectivity index (χ1n) is 18.9. The number of unbranched alkanes of at least 4 members (excludes halogenated alkanes) is 14. The normalized spacial score (nSPS) is 21.9. The van der Waals surface area contributed by atoms with E-state index in [1.54, 1.807) is 0 Å².